The molecule has 3 N–H and O–H groups in total. The van der Waals surface area contributed by atoms with Crippen molar-refractivity contribution in [3.8, 4) is 0 Å². The molecule has 6 atom stereocenters. The van der Waals surface area contributed by atoms with Gasteiger partial charge in [0.25, 0.3) is 0 Å². The van der Waals surface area contributed by atoms with E-state index in [0.717, 1.165) is 19.4 Å². The molecule has 0 aromatic carbocycles. The first-order valence-corrected chi connectivity index (χ1v) is 11.9. The minimum atomic E-state index is -0.396. The van der Waals surface area contributed by atoms with Gasteiger partial charge in [0, 0.05) is 44.7 Å². The lowest BCUT2D eigenvalue weighted by atomic mass is 9.84. The molecule has 0 bridgehead atoms. The lowest BCUT2D eigenvalue weighted by Gasteiger charge is -2.37. The molecule has 4 rings (SSSR count). The highest BCUT2D eigenvalue weighted by molar-refractivity contribution is 5.84. The van der Waals surface area contributed by atoms with Crippen molar-refractivity contribution < 1.29 is 19.1 Å². The number of nitrogens with one attached hydrogen (secondary N) is 3. The van der Waals surface area contributed by atoms with Crippen molar-refractivity contribution in [1.82, 2.24) is 26.0 Å². The van der Waals surface area contributed by atoms with E-state index in [1.807, 2.05) is 4.90 Å². The Morgan fingerprint density at radius 3 is 2.68 bits per heavy atom. The van der Waals surface area contributed by atoms with Crippen LogP contribution in [0.4, 0.5) is 0 Å². The molecule has 1 aliphatic carbocycles. The van der Waals surface area contributed by atoms with Crippen LogP contribution in [0.2, 0.25) is 0 Å². The van der Waals surface area contributed by atoms with Crippen LogP contribution in [0.5, 0.6) is 0 Å². The van der Waals surface area contributed by atoms with Crippen molar-refractivity contribution >= 4 is 17.8 Å². The number of ether oxygens (including phenoxy) is 1. The van der Waals surface area contributed by atoms with E-state index < -0.39 is 6.04 Å². The van der Waals surface area contributed by atoms with Crippen LogP contribution in [-0.4, -0.2) is 85.0 Å². The first-order chi connectivity index (χ1) is 15.0. The number of nitrogens with zero attached hydrogens (tertiary/aromatic N) is 2. The summed E-state index contributed by atoms with van der Waals surface area (Å²) in [6, 6.07) is 0.202. The minimum absolute atomic E-state index is 0.0268. The summed E-state index contributed by atoms with van der Waals surface area (Å²) in [7, 11) is 1.71. The maximum absolute atomic E-state index is 13.3. The van der Waals surface area contributed by atoms with Crippen LogP contribution in [0, 0.1) is 11.8 Å². The number of likely N-dealkylation sites (tertiary alicyclic amines) is 1. The van der Waals surface area contributed by atoms with Crippen LogP contribution in [-0.2, 0) is 19.1 Å². The Bertz CT molecular complexity index is 675. The molecule has 6 unspecified atom stereocenters. The standard InChI is InChI=1S/C22H37N5O4/c1-3-31-19(28)9-10-26(2)22(30)20-15-13-27(11-8-17(15)24-25-20)21(29)18-12-14-6-4-5-7-16(14)23-18/h14-18,20,23-25H,3-13H2,1-2H3. The van der Waals surface area contributed by atoms with Crippen molar-refractivity contribution in [3.63, 3.8) is 0 Å². The van der Waals surface area contributed by atoms with E-state index in [-0.39, 0.29) is 42.2 Å². The molecule has 4 fully saturated rings. The quantitative estimate of drug-likeness (QED) is 0.505. The van der Waals surface area contributed by atoms with Gasteiger partial charge in [-0.25, -0.2) is 5.43 Å². The number of esters is 1. The van der Waals surface area contributed by atoms with Crippen molar-refractivity contribution in [1.29, 1.82) is 0 Å². The van der Waals surface area contributed by atoms with Gasteiger partial charge in [-0.05, 0) is 38.5 Å². The van der Waals surface area contributed by atoms with Gasteiger partial charge in [-0.2, -0.15) is 0 Å². The number of amides is 2. The second-order valence-electron chi connectivity index (χ2n) is 9.53. The number of hydrazine groups is 1. The average molecular weight is 436 g/mol. The zero-order valence-corrected chi connectivity index (χ0v) is 18.8. The van der Waals surface area contributed by atoms with Gasteiger partial charge in [-0.3, -0.25) is 19.8 Å². The highest BCUT2D eigenvalue weighted by atomic mass is 16.5. The Morgan fingerprint density at radius 1 is 1.10 bits per heavy atom. The number of piperidine rings is 1. The van der Waals surface area contributed by atoms with Crippen LogP contribution in [0.3, 0.4) is 0 Å². The highest BCUT2D eigenvalue weighted by Crippen LogP contribution is 2.34. The lowest BCUT2D eigenvalue weighted by molar-refractivity contribution is -0.144. The van der Waals surface area contributed by atoms with E-state index in [1.54, 1.807) is 18.9 Å². The van der Waals surface area contributed by atoms with E-state index in [9.17, 15) is 14.4 Å². The largest absolute Gasteiger partial charge is 0.466 e. The minimum Gasteiger partial charge on any atom is -0.466 e. The summed E-state index contributed by atoms with van der Waals surface area (Å²) in [5.41, 5.74) is 6.41. The topological polar surface area (TPSA) is 103 Å². The van der Waals surface area contributed by atoms with Crippen molar-refractivity contribution in [2.75, 3.05) is 33.3 Å². The van der Waals surface area contributed by atoms with Crippen molar-refractivity contribution in [2.45, 2.75) is 76.0 Å². The van der Waals surface area contributed by atoms with Gasteiger partial charge in [-0.15, -0.1) is 0 Å². The fourth-order valence-corrected chi connectivity index (χ4v) is 5.82. The van der Waals surface area contributed by atoms with Crippen LogP contribution in [0.1, 0.15) is 51.9 Å². The Morgan fingerprint density at radius 2 is 1.90 bits per heavy atom. The van der Waals surface area contributed by atoms with Crippen molar-refractivity contribution in [3.05, 3.63) is 0 Å². The summed E-state index contributed by atoms with van der Waals surface area (Å²) < 4.78 is 4.95. The molecular weight excluding hydrogens is 398 g/mol. The monoisotopic (exact) mass is 435 g/mol. The number of hydrogen-bond donors (Lipinski definition) is 3. The van der Waals surface area contributed by atoms with Crippen LogP contribution >= 0.6 is 0 Å². The molecule has 0 radical (unpaired) electrons. The molecule has 3 aliphatic heterocycles. The molecular formula is C22H37N5O4. The summed E-state index contributed by atoms with van der Waals surface area (Å²) in [5, 5.41) is 3.60. The fourth-order valence-electron chi connectivity index (χ4n) is 5.82. The molecule has 0 spiro atoms. The van der Waals surface area contributed by atoms with Gasteiger partial charge in [0.15, 0.2) is 0 Å². The predicted octanol–water partition coefficient (Wildman–Crippen LogP) is 0.0122. The Labute approximate surface area is 184 Å². The zero-order valence-electron chi connectivity index (χ0n) is 18.8. The summed E-state index contributed by atoms with van der Waals surface area (Å²) >= 11 is 0. The van der Waals surface area contributed by atoms with E-state index >= 15 is 0 Å². The van der Waals surface area contributed by atoms with Gasteiger partial charge in [-0.1, -0.05) is 12.8 Å². The number of hydrogen-bond acceptors (Lipinski definition) is 7. The van der Waals surface area contributed by atoms with E-state index in [1.165, 1.54) is 25.7 Å². The third-order valence-corrected chi connectivity index (χ3v) is 7.58. The zero-order chi connectivity index (χ0) is 22.0. The third-order valence-electron chi connectivity index (χ3n) is 7.58. The second kappa shape index (κ2) is 9.83. The lowest BCUT2D eigenvalue weighted by Crippen LogP contribution is -2.55. The van der Waals surface area contributed by atoms with Crippen molar-refractivity contribution in [2.24, 2.45) is 11.8 Å². The maximum Gasteiger partial charge on any atom is 0.307 e. The maximum atomic E-state index is 13.3. The number of rotatable bonds is 6. The molecule has 0 aromatic rings. The average Bonchev–Trinajstić information content (AvgIpc) is 3.40. The normalized spacial score (nSPS) is 34.7. The molecule has 4 aliphatic rings. The second-order valence-corrected chi connectivity index (χ2v) is 9.53. The molecule has 2 amide bonds. The van der Waals surface area contributed by atoms with E-state index in [2.05, 4.69) is 16.2 Å². The predicted molar refractivity (Wildman–Crippen MR) is 115 cm³/mol. The van der Waals surface area contributed by atoms with Crippen LogP contribution < -0.4 is 16.2 Å². The Kier molecular flexibility index (Phi) is 7.13. The first kappa shape index (κ1) is 22.5. The van der Waals surface area contributed by atoms with Gasteiger partial charge in [0.05, 0.1) is 19.1 Å². The number of carbonyl (C=O) groups is 3. The molecule has 31 heavy (non-hydrogen) atoms. The fraction of sp³-hybridized carbons (Fsp3) is 0.864. The Balaban J connectivity index is 1.32. The molecule has 3 saturated heterocycles. The first-order valence-electron chi connectivity index (χ1n) is 11.9. The molecule has 3 heterocycles. The molecule has 0 aromatic heterocycles. The summed E-state index contributed by atoms with van der Waals surface area (Å²) in [5.74, 6) is 0.512. The van der Waals surface area contributed by atoms with Gasteiger partial charge in [0.2, 0.25) is 11.8 Å². The summed E-state index contributed by atoms with van der Waals surface area (Å²) in [6.07, 6.45) is 6.92. The summed E-state index contributed by atoms with van der Waals surface area (Å²) in [4.78, 5) is 41.5. The van der Waals surface area contributed by atoms with Gasteiger partial charge >= 0.3 is 5.97 Å². The third kappa shape index (κ3) is 4.88. The van der Waals surface area contributed by atoms with Crippen LogP contribution in [0.15, 0.2) is 0 Å². The SMILES string of the molecule is CCOC(=O)CCN(C)C(=O)C1NNC2CCN(C(=O)C3CC4CCCCC4N3)CC21. The van der Waals surface area contributed by atoms with E-state index in [4.69, 9.17) is 4.74 Å². The van der Waals surface area contributed by atoms with Gasteiger partial charge < -0.3 is 19.9 Å². The highest BCUT2D eigenvalue weighted by Gasteiger charge is 2.47. The molecule has 1 saturated carbocycles. The van der Waals surface area contributed by atoms with Gasteiger partial charge in [0.1, 0.15) is 6.04 Å². The molecule has 9 heteroatoms. The Hall–Kier alpha value is -1.71. The van der Waals surface area contributed by atoms with Crippen LogP contribution in [0.25, 0.3) is 0 Å². The smallest absolute Gasteiger partial charge is 0.307 e. The number of likely N-dealkylation sites (N-methyl/N-ethyl adjacent to an activating group) is 1. The molecule has 174 valence electrons. The molecule has 9 nitrogen and oxygen atoms in total. The number of fused-ring (bicyclic) bond motifs is 2. The number of carbonyl (C=O) groups excluding carboxylic acids is 3. The van der Waals surface area contributed by atoms with E-state index in [0.29, 0.717) is 31.7 Å². The summed E-state index contributed by atoms with van der Waals surface area (Å²) in [6.45, 7) is 3.74.